The van der Waals surface area contributed by atoms with E-state index in [-0.39, 0.29) is 196 Å². The zero-order chi connectivity index (χ0) is 16.4. The molecular weight excluding hydrogens is 870 g/mol. The second-order valence-electron chi connectivity index (χ2n) is 7.25. The molecule has 0 saturated carbocycles. The van der Waals surface area contributed by atoms with Crippen LogP contribution in [0.1, 0.15) is 0 Å². The van der Waals surface area contributed by atoms with E-state index in [9.17, 15) is 0 Å². The monoisotopic (exact) mass is 901 g/mol. The van der Waals surface area contributed by atoms with E-state index in [2.05, 4.69) is 32.7 Å². The van der Waals surface area contributed by atoms with Crippen molar-refractivity contribution in [1.82, 2.24) is 0 Å². The molecule has 0 aliphatic heterocycles. The third-order valence-corrected chi connectivity index (χ3v) is 14.3. The Labute approximate surface area is 320 Å². The largest absolute Gasteiger partial charge is 0.631 e. The minimum atomic E-state index is -3.21. The fourth-order valence-electron chi connectivity index (χ4n) is 1.44. The zero-order valence-corrected chi connectivity index (χ0v) is 40.0. The van der Waals surface area contributed by atoms with E-state index in [1.165, 1.54) is 0 Å². The van der Waals surface area contributed by atoms with E-state index in [1.54, 1.807) is 0 Å². The van der Waals surface area contributed by atoms with E-state index in [4.69, 9.17) is 16.5 Å². The quantitative estimate of drug-likeness (QED) is 0.278. The first-order valence-corrected chi connectivity index (χ1v) is 20.6. The summed E-state index contributed by atoms with van der Waals surface area (Å²) in [5.74, 6) is 0. The minimum absolute atomic E-state index is 0. The Morgan fingerprint density at radius 2 is 0.731 bits per heavy atom. The molecule has 0 heterocycles. The van der Waals surface area contributed by atoms with Crippen LogP contribution >= 0.6 is 0 Å². The van der Waals surface area contributed by atoms with Crippen molar-refractivity contribution in [2.75, 3.05) is 0 Å². The van der Waals surface area contributed by atoms with Crippen LogP contribution in [-0.2, 0) is 213 Å². The Morgan fingerprint density at radius 3 is 0.846 bits per heavy atom. The zero-order valence-electron chi connectivity index (χ0n) is 17.8. The molecule has 0 rings (SSSR count). The van der Waals surface area contributed by atoms with Crippen molar-refractivity contribution >= 4 is 43.0 Å². The Balaban J connectivity index is -0.000000120. The topological polar surface area (TPSA) is 36.9 Å². The molecule has 6 radical (unpaired) electrons. The van der Waals surface area contributed by atoms with Gasteiger partial charge < -0.3 is 36.1 Å². The van der Waals surface area contributed by atoms with E-state index in [0.29, 0.717) is 0 Å². The van der Waals surface area contributed by atoms with E-state index in [0.717, 1.165) is 0 Å². The van der Waals surface area contributed by atoms with E-state index >= 15 is 0 Å². The van der Waals surface area contributed by atoms with Crippen LogP contribution in [0, 0.1) is 19.6 Å². The van der Waals surface area contributed by atoms with Crippen LogP contribution < -0.4 is 0 Å². The Bertz CT molecular complexity index is 283. The van der Waals surface area contributed by atoms with Gasteiger partial charge >= 0.3 is 9.05 Å². The van der Waals surface area contributed by atoms with Gasteiger partial charge in [-0.2, -0.15) is 0 Å². The molecule has 26 heavy (non-hydrogen) atoms. The average molecular weight is 901 g/mol. The summed E-state index contributed by atoms with van der Waals surface area (Å²) in [5.41, 5.74) is 0. The molecule has 0 fully saturated rings. The summed E-state index contributed by atoms with van der Waals surface area (Å²) in [7, 11) is -10.9. The van der Waals surface area contributed by atoms with Crippen molar-refractivity contribution in [2.24, 2.45) is 0 Å². The summed E-state index contributed by atoms with van der Waals surface area (Å²) < 4.78 is 24.8. The number of hydrogen-bond acceptors (Lipinski definition) is 4. The van der Waals surface area contributed by atoms with Gasteiger partial charge in [-0.15, -0.1) is 0 Å². The van der Waals surface area contributed by atoms with Gasteiger partial charge in [-0.05, 0) is 13.1 Å². The second kappa shape index (κ2) is 21.8. The van der Waals surface area contributed by atoms with Crippen molar-refractivity contribution < 1.29 is 213 Å². The third-order valence-electron chi connectivity index (χ3n) is 1.58. The number of rotatable bonds is 8. The van der Waals surface area contributed by atoms with E-state index < -0.39 is 43.0 Å². The Hall–Kier alpha value is 7.55. The summed E-state index contributed by atoms with van der Waals surface area (Å²) in [6.45, 7) is 28.7. The van der Waals surface area contributed by atoms with Crippen molar-refractivity contribution in [3.63, 3.8) is 0 Å². The van der Waals surface area contributed by atoms with E-state index in [1.807, 2.05) is 39.3 Å². The predicted octanol–water partition coefficient (Wildman–Crippen LogP) is 3.19. The molecule has 0 aromatic heterocycles. The SMILES string of the molecule is [CH2-][Si](C)(C)O[Si](O[SiH](C)C)(O[Si]([CH2-])(C)C)O[Si]([CH2-])(C)C.[Y].[Y].[Y].[Y].[Y].[Y]. The molecule has 0 unspecified atom stereocenters. The molecule has 0 N–H and O–H groups in total. The standard InChI is InChI=1S/C11H31O4Si5.6Y/c1-16(2)12-20(13-17(3,4)5,14-18(6,7)8)15-19(9,10)11;;;;;;/h16H,3,6,9H2,1-2,4-5,7-8,10-11H3;;;;;;/q-3;;;;;;. The molecule has 0 spiro atoms. The van der Waals surface area contributed by atoms with Gasteiger partial charge in [0.15, 0.2) is 9.04 Å². The molecule has 0 aliphatic carbocycles. The van der Waals surface area contributed by atoms with Gasteiger partial charge in [-0.1, -0.05) is 39.3 Å². The Kier molecular flexibility index (Phi) is 42.3. The maximum absolute atomic E-state index is 6.21. The Morgan fingerprint density at radius 1 is 0.538 bits per heavy atom. The summed E-state index contributed by atoms with van der Waals surface area (Å²) in [4.78, 5) is 0. The van der Waals surface area contributed by atoms with Gasteiger partial charge in [0.2, 0.25) is 0 Å². The van der Waals surface area contributed by atoms with Crippen molar-refractivity contribution in [3.05, 3.63) is 19.6 Å². The summed E-state index contributed by atoms with van der Waals surface area (Å²) >= 11 is 0. The second-order valence-corrected chi connectivity index (χ2v) is 24.3. The van der Waals surface area contributed by atoms with Crippen molar-refractivity contribution in [3.8, 4) is 0 Å². The van der Waals surface area contributed by atoms with Crippen molar-refractivity contribution in [1.29, 1.82) is 0 Å². The van der Waals surface area contributed by atoms with Gasteiger partial charge in [0.05, 0.1) is 0 Å². The smallest absolute Gasteiger partial charge is 0.424 e. The van der Waals surface area contributed by atoms with Crippen LogP contribution in [0.25, 0.3) is 0 Å². The molecule has 0 amide bonds. The van der Waals surface area contributed by atoms with Gasteiger partial charge in [-0.3, -0.25) is 0 Å². The molecule has 0 aromatic carbocycles. The summed E-state index contributed by atoms with van der Waals surface area (Å²) in [5, 5.41) is 0. The molecule has 0 bridgehead atoms. The first kappa shape index (κ1) is 50.4. The summed E-state index contributed by atoms with van der Waals surface area (Å²) in [6, 6.07) is 0. The van der Waals surface area contributed by atoms with Crippen molar-refractivity contribution in [2.45, 2.75) is 52.4 Å². The van der Waals surface area contributed by atoms with Crippen LogP contribution in [0.3, 0.4) is 0 Å². The normalized spacial score (nSPS) is 11.5. The maximum Gasteiger partial charge on any atom is 0.631 e. The van der Waals surface area contributed by atoms with Crippen LogP contribution in [-0.4, -0.2) is 43.0 Å². The third kappa shape index (κ3) is 31.5. The minimum Gasteiger partial charge on any atom is -0.424 e. The predicted molar refractivity (Wildman–Crippen MR) is 97.5 cm³/mol. The van der Waals surface area contributed by atoms with Crippen LogP contribution in [0.15, 0.2) is 0 Å². The first-order valence-electron chi connectivity index (χ1n) is 6.88. The molecule has 140 valence electrons. The molecule has 0 aromatic rings. The van der Waals surface area contributed by atoms with Crippen LogP contribution in [0.5, 0.6) is 0 Å². The molecule has 0 saturated heterocycles. The van der Waals surface area contributed by atoms with Gasteiger partial charge in [-0.25, -0.2) is 0 Å². The fraction of sp³-hybridized carbons (Fsp3) is 0.727. The molecule has 15 heteroatoms. The van der Waals surface area contributed by atoms with Crippen LogP contribution in [0.2, 0.25) is 52.4 Å². The molecular formula is C11H31O4Si5Y6-3. The maximum atomic E-state index is 6.21. The average Bonchev–Trinajstić information content (AvgIpc) is 1.86. The van der Waals surface area contributed by atoms with Gasteiger partial charge in [0, 0.05) is 221 Å². The van der Waals surface area contributed by atoms with Crippen LogP contribution in [0.4, 0.5) is 0 Å². The number of hydrogen-bond donors (Lipinski definition) is 0. The summed E-state index contributed by atoms with van der Waals surface area (Å²) in [6.07, 6.45) is 0. The van der Waals surface area contributed by atoms with Gasteiger partial charge in [0.25, 0.3) is 0 Å². The molecule has 0 aliphatic rings. The van der Waals surface area contributed by atoms with Gasteiger partial charge in [0.1, 0.15) is 0 Å². The molecule has 4 nitrogen and oxygen atoms in total. The first-order chi connectivity index (χ1) is 8.54. The fourth-order valence-corrected chi connectivity index (χ4v) is 15.4. The molecule has 0 atom stereocenters.